The number of benzene rings is 2. The van der Waals surface area contributed by atoms with Gasteiger partial charge in [0, 0.05) is 16.7 Å². The first-order valence-corrected chi connectivity index (χ1v) is 6.50. The Labute approximate surface area is 111 Å². The van der Waals surface area contributed by atoms with Crippen molar-refractivity contribution in [2.24, 2.45) is 0 Å². The first kappa shape index (κ1) is 12.2. The predicted octanol–water partition coefficient (Wildman–Crippen LogP) is 4.68. The molecule has 2 aromatic rings. The smallest absolute Gasteiger partial charge is 0.0400 e. The zero-order valence-corrected chi connectivity index (χ0v) is 11.7. The van der Waals surface area contributed by atoms with Crippen LogP contribution in [0.3, 0.4) is 0 Å². The predicted molar refractivity (Wildman–Crippen MR) is 77.4 cm³/mol. The molecule has 0 fully saturated rings. The maximum Gasteiger partial charge on any atom is 0.0400 e. The largest absolute Gasteiger partial charge is 0.381 e. The van der Waals surface area contributed by atoms with E-state index in [0.717, 1.165) is 16.7 Å². The van der Waals surface area contributed by atoms with Gasteiger partial charge in [-0.3, -0.25) is 0 Å². The average molecular weight is 290 g/mol. The molecule has 0 atom stereocenters. The van der Waals surface area contributed by atoms with E-state index in [0.29, 0.717) is 0 Å². The Bertz CT molecular complexity index is 503. The Kier molecular flexibility index (Phi) is 3.85. The molecule has 0 radical (unpaired) electrons. The van der Waals surface area contributed by atoms with Crippen LogP contribution in [-0.4, -0.2) is 0 Å². The van der Waals surface area contributed by atoms with Gasteiger partial charge in [-0.05, 0) is 43.2 Å². The van der Waals surface area contributed by atoms with Gasteiger partial charge in [-0.2, -0.15) is 0 Å². The topological polar surface area (TPSA) is 12.0 Å². The minimum atomic E-state index is 0.862. The fourth-order valence-corrected chi connectivity index (χ4v) is 1.91. The second-order valence-corrected chi connectivity index (χ2v) is 5.16. The summed E-state index contributed by atoms with van der Waals surface area (Å²) in [6, 6.07) is 14.9. The van der Waals surface area contributed by atoms with Crippen LogP contribution < -0.4 is 5.32 Å². The van der Waals surface area contributed by atoms with E-state index in [-0.39, 0.29) is 0 Å². The highest BCUT2D eigenvalue weighted by molar-refractivity contribution is 9.10. The summed E-state index contributed by atoms with van der Waals surface area (Å²) in [7, 11) is 0. The van der Waals surface area contributed by atoms with Crippen LogP contribution in [0.5, 0.6) is 0 Å². The van der Waals surface area contributed by atoms with Gasteiger partial charge in [0.25, 0.3) is 0 Å². The van der Waals surface area contributed by atoms with Gasteiger partial charge in [-0.15, -0.1) is 0 Å². The molecule has 0 aliphatic rings. The van der Waals surface area contributed by atoms with Crippen molar-refractivity contribution in [3.63, 3.8) is 0 Å². The van der Waals surface area contributed by atoms with E-state index in [1.807, 2.05) is 0 Å². The van der Waals surface area contributed by atoms with Gasteiger partial charge < -0.3 is 5.32 Å². The Morgan fingerprint density at radius 3 is 2.35 bits per heavy atom. The Hall–Kier alpha value is -1.28. The highest BCUT2D eigenvalue weighted by Gasteiger charge is 1.97. The molecule has 17 heavy (non-hydrogen) atoms. The van der Waals surface area contributed by atoms with Crippen LogP contribution in [0.1, 0.15) is 16.7 Å². The van der Waals surface area contributed by atoms with Crippen LogP contribution in [-0.2, 0) is 6.54 Å². The van der Waals surface area contributed by atoms with Crippen molar-refractivity contribution in [2.45, 2.75) is 20.4 Å². The van der Waals surface area contributed by atoms with Crippen molar-refractivity contribution in [2.75, 3.05) is 5.32 Å². The first-order valence-electron chi connectivity index (χ1n) is 5.71. The van der Waals surface area contributed by atoms with Crippen molar-refractivity contribution < 1.29 is 0 Å². The van der Waals surface area contributed by atoms with Gasteiger partial charge in [0.1, 0.15) is 0 Å². The van der Waals surface area contributed by atoms with Gasteiger partial charge in [-0.25, -0.2) is 0 Å². The lowest BCUT2D eigenvalue weighted by atomic mass is 10.1. The van der Waals surface area contributed by atoms with E-state index < -0.39 is 0 Å². The lowest BCUT2D eigenvalue weighted by molar-refractivity contribution is 1.14. The number of nitrogens with one attached hydrogen (secondary N) is 1. The molecule has 0 amide bonds. The van der Waals surface area contributed by atoms with Crippen LogP contribution in [0.4, 0.5) is 5.69 Å². The third-order valence-electron chi connectivity index (χ3n) is 2.78. The van der Waals surface area contributed by atoms with Crippen molar-refractivity contribution >= 4 is 21.6 Å². The van der Waals surface area contributed by atoms with E-state index in [1.54, 1.807) is 0 Å². The van der Waals surface area contributed by atoms with Crippen molar-refractivity contribution in [1.82, 2.24) is 0 Å². The van der Waals surface area contributed by atoms with E-state index in [4.69, 9.17) is 0 Å². The molecule has 2 rings (SSSR count). The van der Waals surface area contributed by atoms with Gasteiger partial charge >= 0.3 is 0 Å². The molecule has 0 aromatic heterocycles. The number of anilines is 1. The second kappa shape index (κ2) is 5.37. The van der Waals surface area contributed by atoms with Crippen LogP contribution in [0, 0.1) is 13.8 Å². The van der Waals surface area contributed by atoms with E-state index in [9.17, 15) is 0 Å². The molecule has 0 bridgehead atoms. The molecule has 88 valence electrons. The number of rotatable bonds is 3. The molecule has 0 saturated heterocycles. The van der Waals surface area contributed by atoms with Crippen LogP contribution in [0.15, 0.2) is 46.9 Å². The molecule has 0 heterocycles. The zero-order valence-electron chi connectivity index (χ0n) is 10.1. The standard InChI is InChI=1S/C15H16BrN/c1-11-3-5-13(6-4-11)10-17-14-7-8-15(16)12(2)9-14/h3-9,17H,10H2,1-2H3. The Morgan fingerprint density at radius 1 is 1.00 bits per heavy atom. The fraction of sp³-hybridized carbons (Fsp3) is 0.200. The highest BCUT2D eigenvalue weighted by Crippen LogP contribution is 2.20. The summed E-state index contributed by atoms with van der Waals surface area (Å²) < 4.78 is 1.15. The summed E-state index contributed by atoms with van der Waals surface area (Å²) >= 11 is 3.51. The lowest BCUT2D eigenvalue weighted by Gasteiger charge is -2.08. The molecule has 0 unspecified atom stereocenters. The molecule has 2 heteroatoms. The molecule has 1 N–H and O–H groups in total. The van der Waals surface area contributed by atoms with Gasteiger partial charge in [0.2, 0.25) is 0 Å². The van der Waals surface area contributed by atoms with Crippen LogP contribution in [0.25, 0.3) is 0 Å². The second-order valence-electron chi connectivity index (χ2n) is 4.30. The molecule has 2 aromatic carbocycles. The van der Waals surface area contributed by atoms with E-state index in [1.165, 1.54) is 16.7 Å². The molecular formula is C15H16BrN. The number of hydrogen-bond acceptors (Lipinski definition) is 1. The molecule has 0 aliphatic carbocycles. The molecular weight excluding hydrogens is 274 g/mol. The van der Waals surface area contributed by atoms with Gasteiger partial charge in [-0.1, -0.05) is 45.8 Å². The third kappa shape index (κ3) is 3.34. The quantitative estimate of drug-likeness (QED) is 0.865. The first-order chi connectivity index (χ1) is 8.15. The number of aryl methyl sites for hydroxylation is 2. The van der Waals surface area contributed by atoms with Crippen molar-refractivity contribution in [3.8, 4) is 0 Å². The van der Waals surface area contributed by atoms with Crippen LogP contribution >= 0.6 is 15.9 Å². The van der Waals surface area contributed by atoms with Crippen molar-refractivity contribution in [3.05, 3.63) is 63.6 Å². The molecule has 0 aliphatic heterocycles. The SMILES string of the molecule is Cc1ccc(CNc2ccc(Br)c(C)c2)cc1. The van der Waals surface area contributed by atoms with Crippen LogP contribution in [0.2, 0.25) is 0 Å². The maximum atomic E-state index is 3.51. The Balaban J connectivity index is 2.02. The zero-order chi connectivity index (χ0) is 12.3. The minimum Gasteiger partial charge on any atom is -0.381 e. The summed E-state index contributed by atoms with van der Waals surface area (Å²) in [5.41, 5.74) is 5.01. The summed E-state index contributed by atoms with van der Waals surface area (Å²) in [5.74, 6) is 0. The van der Waals surface area contributed by atoms with E-state index >= 15 is 0 Å². The summed E-state index contributed by atoms with van der Waals surface area (Å²) in [6.07, 6.45) is 0. The minimum absolute atomic E-state index is 0.862. The molecule has 0 saturated carbocycles. The average Bonchev–Trinajstić information content (AvgIpc) is 2.33. The summed E-state index contributed by atoms with van der Waals surface area (Å²) in [5, 5.41) is 3.43. The normalized spacial score (nSPS) is 10.3. The number of hydrogen-bond donors (Lipinski definition) is 1. The van der Waals surface area contributed by atoms with Crippen molar-refractivity contribution in [1.29, 1.82) is 0 Å². The third-order valence-corrected chi connectivity index (χ3v) is 3.66. The highest BCUT2D eigenvalue weighted by atomic mass is 79.9. The summed E-state index contributed by atoms with van der Waals surface area (Å²) in [4.78, 5) is 0. The van der Waals surface area contributed by atoms with E-state index in [2.05, 4.69) is 77.6 Å². The maximum absolute atomic E-state index is 3.51. The lowest BCUT2D eigenvalue weighted by Crippen LogP contribution is -1.99. The molecule has 0 spiro atoms. The van der Waals surface area contributed by atoms with Gasteiger partial charge in [0.15, 0.2) is 0 Å². The Morgan fingerprint density at radius 2 is 1.71 bits per heavy atom. The molecule has 1 nitrogen and oxygen atoms in total. The fourth-order valence-electron chi connectivity index (χ4n) is 1.66. The monoisotopic (exact) mass is 289 g/mol. The summed E-state index contributed by atoms with van der Waals surface area (Å²) in [6.45, 7) is 5.07. The van der Waals surface area contributed by atoms with Gasteiger partial charge in [0.05, 0.1) is 0 Å². The number of halogens is 1.